The molecule has 100 valence electrons. The highest BCUT2D eigenvalue weighted by molar-refractivity contribution is 14.0. The van der Waals surface area contributed by atoms with Crippen molar-refractivity contribution in [3.05, 3.63) is 0 Å². The minimum absolute atomic E-state index is 0. The average molecular weight is 389 g/mol. The molecule has 0 amide bonds. The summed E-state index contributed by atoms with van der Waals surface area (Å²) in [5, 5.41) is 0. The molecule has 2 aliphatic rings. The van der Waals surface area contributed by atoms with Crippen LogP contribution < -0.4 is 5.73 Å². The van der Waals surface area contributed by atoms with E-state index in [9.17, 15) is 4.21 Å². The van der Waals surface area contributed by atoms with Gasteiger partial charge < -0.3 is 10.6 Å². The molecule has 1 unspecified atom stereocenters. The largest absolute Gasteiger partial charge is 0.370 e. The standard InChI is InChI=1S/C10H19N3OS2.HI/c1-16(14)10(2-3-10)8-12-9(11)13-4-6-15-7-5-13;/h2-8H2,1H3,(H2,11,12);1H. The van der Waals surface area contributed by atoms with E-state index in [0.29, 0.717) is 12.5 Å². The van der Waals surface area contributed by atoms with Gasteiger partial charge in [-0.15, -0.1) is 24.0 Å². The average Bonchev–Trinajstić information content (AvgIpc) is 3.08. The number of aliphatic imine (C=N–C) groups is 1. The molecule has 1 heterocycles. The van der Waals surface area contributed by atoms with E-state index >= 15 is 0 Å². The van der Waals surface area contributed by atoms with E-state index in [1.807, 2.05) is 11.8 Å². The number of hydrogen-bond acceptors (Lipinski definition) is 3. The summed E-state index contributed by atoms with van der Waals surface area (Å²) in [4.78, 5) is 6.55. The Bertz CT molecular complexity index is 315. The normalized spacial score (nSPS) is 25.0. The summed E-state index contributed by atoms with van der Waals surface area (Å²) in [6.45, 7) is 2.61. The predicted molar refractivity (Wildman–Crippen MR) is 86.8 cm³/mol. The molecule has 2 N–H and O–H groups in total. The van der Waals surface area contributed by atoms with Gasteiger partial charge in [0.2, 0.25) is 0 Å². The van der Waals surface area contributed by atoms with Crippen LogP contribution >= 0.6 is 35.7 Å². The fourth-order valence-corrected chi connectivity index (χ4v) is 3.62. The summed E-state index contributed by atoms with van der Waals surface area (Å²) in [5.74, 6) is 2.89. The number of rotatable bonds is 3. The molecule has 0 aromatic carbocycles. The third kappa shape index (κ3) is 3.99. The van der Waals surface area contributed by atoms with E-state index in [2.05, 4.69) is 9.89 Å². The predicted octanol–water partition coefficient (Wildman–Crippen LogP) is 0.879. The highest BCUT2D eigenvalue weighted by Crippen LogP contribution is 2.41. The minimum Gasteiger partial charge on any atom is -0.370 e. The van der Waals surface area contributed by atoms with Crippen LogP contribution in [0.3, 0.4) is 0 Å². The van der Waals surface area contributed by atoms with Crippen molar-refractivity contribution in [2.24, 2.45) is 10.7 Å². The van der Waals surface area contributed by atoms with Crippen LogP contribution in [0.4, 0.5) is 0 Å². The molecule has 1 saturated heterocycles. The van der Waals surface area contributed by atoms with Crippen LogP contribution in [0, 0.1) is 0 Å². The van der Waals surface area contributed by atoms with Crippen LogP contribution in [0.2, 0.25) is 0 Å². The monoisotopic (exact) mass is 389 g/mol. The van der Waals surface area contributed by atoms with Gasteiger partial charge >= 0.3 is 0 Å². The summed E-state index contributed by atoms with van der Waals surface area (Å²) in [6, 6.07) is 0. The number of nitrogens with zero attached hydrogens (tertiary/aromatic N) is 2. The maximum atomic E-state index is 11.5. The SMILES string of the molecule is CS(=O)C1(CN=C(N)N2CCSCC2)CC1.I. The van der Waals surface area contributed by atoms with Crippen LogP contribution in [0.25, 0.3) is 0 Å². The van der Waals surface area contributed by atoms with Crippen molar-refractivity contribution in [1.29, 1.82) is 0 Å². The second kappa shape index (κ2) is 6.60. The van der Waals surface area contributed by atoms with Crippen LogP contribution in [-0.2, 0) is 10.8 Å². The molecule has 4 nitrogen and oxygen atoms in total. The van der Waals surface area contributed by atoms with Gasteiger partial charge in [-0.2, -0.15) is 11.8 Å². The first-order valence-corrected chi connectivity index (χ1v) is 8.31. The first-order chi connectivity index (χ1) is 7.64. The van der Waals surface area contributed by atoms with Crippen molar-refractivity contribution in [3.8, 4) is 0 Å². The Kier molecular flexibility index (Phi) is 6.04. The number of nitrogens with two attached hydrogens (primary N) is 1. The number of hydrogen-bond donors (Lipinski definition) is 1. The molecule has 1 aliphatic carbocycles. The highest BCUT2D eigenvalue weighted by Gasteiger charge is 2.46. The van der Waals surface area contributed by atoms with Crippen LogP contribution in [0.5, 0.6) is 0 Å². The minimum atomic E-state index is -0.771. The van der Waals surface area contributed by atoms with Crippen molar-refractivity contribution in [3.63, 3.8) is 0 Å². The molecule has 17 heavy (non-hydrogen) atoms. The number of guanidine groups is 1. The lowest BCUT2D eigenvalue weighted by atomic mass is 10.4. The van der Waals surface area contributed by atoms with E-state index in [1.54, 1.807) is 6.26 Å². The molecule has 0 aromatic rings. The molecule has 1 aliphatic heterocycles. The zero-order valence-corrected chi connectivity index (χ0v) is 14.0. The van der Waals surface area contributed by atoms with Gasteiger partial charge in [-0.05, 0) is 12.8 Å². The molecule has 0 radical (unpaired) electrons. The molecule has 2 rings (SSSR count). The zero-order chi connectivity index (χ0) is 11.6. The molecule has 2 fully saturated rings. The van der Waals surface area contributed by atoms with E-state index in [4.69, 9.17) is 5.73 Å². The third-order valence-corrected chi connectivity index (χ3v) is 5.98. The second-order valence-electron chi connectivity index (χ2n) is 4.41. The van der Waals surface area contributed by atoms with Gasteiger partial charge in [0.25, 0.3) is 0 Å². The van der Waals surface area contributed by atoms with Crippen LogP contribution in [0.1, 0.15) is 12.8 Å². The van der Waals surface area contributed by atoms with Gasteiger partial charge in [0.15, 0.2) is 5.96 Å². The molecule has 1 atom stereocenters. The fourth-order valence-electron chi connectivity index (χ4n) is 1.79. The van der Waals surface area contributed by atoms with E-state index < -0.39 is 10.8 Å². The molecule has 0 bridgehead atoms. The lowest BCUT2D eigenvalue weighted by Gasteiger charge is -2.27. The summed E-state index contributed by atoms with van der Waals surface area (Å²) >= 11 is 1.96. The van der Waals surface area contributed by atoms with Gasteiger partial charge in [-0.3, -0.25) is 9.20 Å². The first kappa shape index (κ1) is 15.6. The molecule has 0 aromatic heterocycles. The Morgan fingerprint density at radius 2 is 2.06 bits per heavy atom. The summed E-state index contributed by atoms with van der Waals surface area (Å²) in [7, 11) is -0.771. The van der Waals surface area contributed by atoms with Crippen LogP contribution in [-0.4, -0.2) is 57.2 Å². The van der Waals surface area contributed by atoms with E-state index in [1.165, 1.54) is 0 Å². The topological polar surface area (TPSA) is 58.7 Å². The van der Waals surface area contributed by atoms with Crippen molar-refractivity contribution in [1.82, 2.24) is 4.90 Å². The lowest BCUT2D eigenvalue weighted by molar-refractivity contribution is 0.455. The molecule has 1 saturated carbocycles. The lowest BCUT2D eigenvalue weighted by Crippen LogP contribution is -2.43. The van der Waals surface area contributed by atoms with Crippen molar-refractivity contribution in [2.45, 2.75) is 17.6 Å². The molecule has 7 heteroatoms. The fraction of sp³-hybridized carbons (Fsp3) is 0.900. The summed E-state index contributed by atoms with van der Waals surface area (Å²) in [6.07, 6.45) is 3.84. The Balaban J connectivity index is 0.00000144. The van der Waals surface area contributed by atoms with Gasteiger partial charge in [0, 0.05) is 41.7 Å². The van der Waals surface area contributed by atoms with Crippen LogP contribution in [0.15, 0.2) is 4.99 Å². The Labute approximate surface area is 127 Å². The summed E-state index contributed by atoms with van der Waals surface area (Å²) < 4.78 is 11.5. The van der Waals surface area contributed by atoms with E-state index in [-0.39, 0.29) is 28.7 Å². The Morgan fingerprint density at radius 3 is 2.53 bits per heavy atom. The van der Waals surface area contributed by atoms with Crippen molar-refractivity contribution < 1.29 is 4.21 Å². The maximum absolute atomic E-state index is 11.5. The Morgan fingerprint density at radius 1 is 1.47 bits per heavy atom. The van der Waals surface area contributed by atoms with Gasteiger partial charge in [-0.1, -0.05) is 0 Å². The number of halogens is 1. The zero-order valence-electron chi connectivity index (χ0n) is 10.1. The highest BCUT2D eigenvalue weighted by atomic mass is 127. The van der Waals surface area contributed by atoms with Crippen molar-refractivity contribution in [2.75, 3.05) is 37.4 Å². The first-order valence-electron chi connectivity index (χ1n) is 5.60. The van der Waals surface area contributed by atoms with Gasteiger partial charge in [-0.25, -0.2) is 0 Å². The summed E-state index contributed by atoms with van der Waals surface area (Å²) in [5.41, 5.74) is 5.95. The van der Waals surface area contributed by atoms with Gasteiger partial charge in [0.05, 0.1) is 11.3 Å². The molecular formula is C10H20IN3OS2. The Hall–Kier alpha value is 0.500. The van der Waals surface area contributed by atoms with E-state index in [0.717, 1.165) is 37.4 Å². The quantitative estimate of drug-likeness (QED) is 0.442. The maximum Gasteiger partial charge on any atom is 0.191 e. The van der Waals surface area contributed by atoms with Crippen molar-refractivity contribution >= 4 is 52.5 Å². The van der Waals surface area contributed by atoms with Gasteiger partial charge in [0.1, 0.15) is 0 Å². The molecular weight excluding hydrogens is 369 g/mol. The third-order valence-electron chi connectivity index (χ3n) is 3.28. The smallest absolute Gasteiger partial charge is 0.191 e. The number of thioether (sulfide) groups is 1. The second-order valence-corrected chi connectivity index (χ2v) is 7.41. The molecule has 0 spiro atoms.